The van der Waals surface area contributed by atoms with Crippen molar-refractivity contribution >= 4 is 22.6 Å². The van der Waals surface area contributed by atoms with Crippen LogP contribution in [0.3, 0.4) is 0 Å². The van der Waals surface area contributed by atoms with Gasteiger partial charge in [-0.2, -0.15) is 0 Å². The maximum atomic E-state index is 11.7. The molecule has 1 fully saturated rings. The Morgan fingerprint density at radius 2 is 2.08 bits per heavy atom. The Hall–Kier alpha value is -2.80. The molecule has 0 bridgehead atoms. The lowest BCUT2D eigenvalue weighted by molar-refractivity contribution is -0.127. The Morgan fingerprint density at radius 3 is 2.73 bits per heavy atom. The second-order valence-electron chi connectivity index (χ2n) is 6.20. The van der Waals surface area contributed by atoms with E-state index >= 15 is 0 Å². The van der Waals surface area contributed by atoms with Gasteiger partial charge in [0, 0.05) is 31.4 Å². The van der Waals surface area contributed by atoms with Crippen molar-refractivity contribution in [1.29, 1.82) is 0 Å². The molecule has 2 aromatic rings. The molecular formula is C19H22N2O5. The minimum Gasteiger partial charge on any atom is -0.496 e. The summed E-state index contributed by atoms with van der Waals surface area (Å²) >= 11 is 0. The average Bonchev–Trinajstić information content (AvgIpc) is 3.00. The van der Waals surface area contributed by atoms with Crippen molar-refractivity contribution in [2.45, 2.75) is 25.0 Å². The monoisotopic (exact) mass is 358 g/mol. The fourth-order valence-electron chi connectivity index (χ4n) is 3.19. The van der Waals surface area contributed by atoms with E-state index in [1.165, 1.54) is 14.2 Å². The Bertz CT molecular complexity index is 836. The van der Waals surface area contributed by atoms with Crippen LogP contribution in [-0.2, 0) is 9.53 Å². The summed E-state index contributed by atoms with van der Waals surface area (Å²) < 4.78 is 16.3. The van der Waals surface area contributed by atoms with Crippen LogP contribution in [0, 0.1) is 0 Å². The van der Waals surface area contributed by atoms with Gasteiger partial charge in [-0.05, 0) is 23.6 Å². The Morgan fingerprint density at radius 1 is 1.27 bits per heavy atom. The van der Waals surface area contributed by atoms with Gasteiger partial charge in [-0.1, -0.05) is 12.1 Å². The highest BCUT2D eigenvalue weighted by molar-refractivity contribution is 6.02. The number of methoxy groups -OCH3 is 2. The summed E-state index contributed by atoms with van der Waals surface area (Å²) in [5.74, 6) is 0.475. The molecule has 0 aromatic heterocycles. The van der Waals surface area contributed by atoms with E-state index in [0.29, 0.717) is 36.5 Å². The predicted octanol–water partition coefficient (Wildman–Crippen LogP) is 1.62. The second-order valence-corrected chi connectivity index (χ2v) is 6.20. The maximum absolute atomic E-state index is 11.7. The zero-order valence-corrected chi connectivity index (χ0v) is 14.8. The molecule has 26 heavy (non-hydrogen) atoms. The summed E-state index contributed by atoms with van der Waals surface area (Å²) in [6.45, 7) is 0.445. The topological polar surface area (TPSA) is 99.9 Å². The number of hydrogen-bond donors (Lipinski definition) is 2. The first-order valence-corrected chi connectivity index (χ1v) is 8.40. The highest BCUT2D eigenvalue weighted by atomic mass is 16.5. The lowest BCUT2D eigenvalue weighted by atomic mass is 10.0. The van der Waals surface area contributed by atoms with Crippen LogP contribution in [0.4, 0.5) is 0 Å². The van der Waals surface area contributed by atoms with E-state index in [4.69, 9.17) is 19.9 Å². The van der Waals surface area contributed by atoms with Crippen molar-refractivity contribution in [3.63, 3.8) is 0 Å². The van der Waals surface area contributed by atoms with Crippen LogP contribution in [0.15, 0.2) is 30.3 Å². The van der Waals surface area contributed by atoms with E-state index in [9.17, 15) is 9.59 Å². The summed E-state index contributed by atoms with van der Waals surface area (Å²) in [7, 11) is 3.03. The molecule has 138 valence electrons. The van der Waals surface area contributed by atoms with E-state index in [1.54, 1.807) is 12.1 Å². The van der Waals surface area contributed by atoms with E-state index in [2.05, 4.69) is 5.32 Å². The Balaban J connectivity index is 1.74. The van der Waals surface area contributed by atoms with E-state index in [-0.39, 0.29) is 18.1 Å². The van der Waals surface area contributed by atoms with E-state index in [0.717, 1.165) is 10.8 Å². The van der Waals surface area contributed by atoms with Gasteiger partial charge >= 0.3 is 0 Å². The molecule has 3 rings (SSSR count). The quantitative estimate of drug-likeness (QED) is 0.783. The van der Waals surface area contributed by atoms with Crippen LogP contribution in [0.5, 0.6) is 11.5 Å². The standard InChI is InChI=1S/C19H22N2O5/c1-24-16-10-13-11(8-14(16)18(20)22)4-3-5-15(13)26-7-6-12-9-17(25-2)19(23)21-12/h3-5,8,10,12,17H,6-7,9H2,1-2H3,(H2,20,22)(H,21,23)/t12-,17-/m1/s1. The minimum absolute atomic E-state index is 0.0402. The van der Waals surface area contributed by atoms with Gasteiger partial charge in [0.1, 0.15) is 17.6 Å². The molecule has 7 heteroatoms. The smallest absolute Gasteiger partial charge is 0.252 e. The van der Waals surface area contributed by atoms with Crippen LogP contribution < -0.4 is 20.5 Å². The summed E-state index contributed by atoms with van der Waals surface area (Å²) in [6, 6.07) is 9.09. The molecule has 1 saturated heterocycles. The third kappa shape index (κ3) is 3.57. The van der Waals surface area contributed by atoms with E-state index in [1.807, 2.05) is 18.2 Å². The van der Waals surface area contributed by atoms with Crippen molar-refractivity contribution in [1.82, 2.24) is 5.32 Å². The number of primary amides is 1. The van der Waals surface area contributed by atoms with Gasteiger partial charge in [0.05, 0.1) is 19.3 Å². The predicted molar refractivity (Wildman–Crippen MR) is 96.5 cm³/mol. The molecule has 0 unspecified atom stereocenters. The molecule has 0 saturated carbocycles. The number of ether oxygens (including phenoxy) is 3. The lowest BCUT2D eigenvalue weighted by Crippen LogP contribution is -2.29. The van der Waals surface area contributed by atoms with Gasteiger partial charge in [-0.25, -0.2) is 0 Å². The molecule has 7 nitrogen and oxygen atoms in total. The average molecular weight is 358 g/mol. The summed E-state index contributed by atoms with van der Waals surface area (Å²) in [6.07, 6.45) is 0.941. The third-order valence-corrected chi connectivity index (χ3v) is 4.57. The molecule has 0 radical (unpaired) electrons. The van der Waals surface area contributed by atoms with Gasteiger partial charge in [0.2, 0.25) is 5.91 Å². The van der Waals surface area contributed by atoms with Crippen LogP contribution in [0.1, 0.15) is 23.2 Å². The minimum atomic E-state index is -0.542. The molecule has 0 aliphatic carbocycles. The lowest BCUT2D eigenvalue weighted by Gasteiger charge is -2.14. The first-order chi connectivity index (χ1) is 12.5. The normalized spacial score (nSPS) is 19.4. The number of rotatable bonds is 7. The summed E-state index contributed by atoms with van der Waals surface area (Å²) in [4.78, 5) is 23.2. The fraction of sp³-hybridized carbons (Fsp3) is 0.368. The number of hydrogen-bond acceptors (Lipinski definition) is 5. The number of benzene rings is 2. The zero-order chi connectivity index (χ0) is 18.7. The molecule has 1 aliphatic heterocycles. The van der Waals surface area contributed by atoms with Crippen molar-refractivity contribution in [2.24, 2.45) is 5.73 Å². The Labute approximate surface area is 151 Å². The van der Waals surface area contributed by atoms with Gasteiger partial charge in [-0.3, -0.25) is 9.59 Å². The number of carbonyl (C=O) groups excluding carboxylic acids is 2. The molecule has 2 aromatic carbocycles. The second kappa shape index (κ2) is 7.61. The molecule has 1 aliphatic rings. The van der Waals surface area contributed by atoms with Gasteiger partial charge < -0.3 is 25.3 Å². The maximum Gasteiger partial charge on any atom is 0.252 e. The van der Waals surface area contributed by atoms with Crippen molar-refractivity contribution in [2.75, 3.05) is 20.8 Å². The van der Waals surface area contributed by atoms with Crippen molar-refractivity contribution in [3.8, 4) is 11.5 Å². The van der Waals surface area contributed by atoms with E-state index < -0.39 is 5.91 Å². The highest BCUT2D eigenvalue weighted by Gasteiger charge is 2.31. The molecule has 1 heterocycles. The van der Waals surface area contributed by atoms with Crippen molar-refractivity contribution in [3.05, 3.63) is 35.9 Å². The number of nitrogens with one attached hydrogen (secondary N) is 1. The number of nitrogens with two attached hydrogens (primary N) is 1. The van der Waals surface area contributed by atoms with Gasteiger partial charge in [0.25, 0.3) is 5.91 Å². The van der Waals surface area contributed by atoms with Crippen LogP contribution >= 0.6 is 0 Å². The molecular weight excluding hydrogens is 336 g/mol. The number of amides is 2. The number of fused-ring (bicyclic) bond motifs is 1. The first-order valence-electron chi connectivity index (χ1n) is 8.40. The van der Waals surface area contributed by atoms with Crippen molar-refractivity contribution < 1.29 is 23.8 Å². The summed E-state index contributed by atoms with van der Waals surface area (Å²) in [5.41, 5.74) is 5.74. The van der Waals surface area contributed by atoms with Gasteiger partial charge in [0.15, 0.2) is 0 Å². The largest absolute Gasteiger partial charge is 0.496 e. The molecule has 3 N–H and O–H groups in total. The fourth-order valence-corrected chi connectivity index (χ4v) is 3.19. The highest BCUT2D eigenvalue weighted by Crippen LogP contribution is 2.32. The Kier molecular flexibility index (Phi) is 5.27. The van der Waals surface area contributed by atoms with Gasteiger partial charge in [-0.15, -0.1) is 0 Å². The molecule has 0 spiro atoms. The summed E-state index contributed by atoms with van der Waals surface area (Å²) in [5, 5.41) is 4.57. The van der Waals surface area contributed by atoms with Crippen LogP contribution in [0.2, 0.25) is 0 Å². The molecule has 2 atom stereocenters. The number of carbonyl (C=O) groups is 2. The third-order valence-electron chi connectivity index (χ3n) is 4.57. The SMILES string of the molecule is COc1cc2c(OCC[C@@H]3C[C@@H](OC)C(=O)N3)cccc2cc1C(N)=O. The van der Waals surface area contributed by atoms with Crippen LogP contribution in [-0.4, -0.2) is 44.8 Å². The first kappa shape index (κ1) is 18.0. The molecule has 2 amide bonds. The van der Waals surface area contributed by atoms with Crippen LogP contribution in [0.25, 0.3) is 10.8 Å². The zero-order valence-electron chi connectivity index (χ0n) is 14.8.